The van der Waals surface area contributed by atoms with Crippen molar-refractivity contribution in [1.82, 2.24) is 15.1 Å². The Morgan fingerprint density at radius 3 is 2.58 bits per heavy atom. The van der Waals surface area contributed by atoms with Gasteiger partial charge in [-0.2, -0.15) is 5.10 Å². The quantitative estimate of drug-likeness (QED) is 0.804. The van der Waals surface area contributed by atoms with Crippen molar-refractivity contribution in [3.63, 3.8) is 0 Å². The Bertz CT molecular complexity index is 683. The molecule has 2 aromatic rings. The molecule has 5 nitrogen and oxygen atoms in total. The highest BCUT2D eigenvalue weighted by molar-refractivity contribution is 6.33. The average Bonchev–Trinajstić information content (AvgIpc) is 2.88. The fourth-order valence-corrected chi connectivity index (χ4v) is 2.89. The number of rotatable bonds is 7. The number of aliphatic hydroxyl groups is 1. The van der Waals surface area contributed by atoms with Crippen LogP contribution in [0.2, 0.25) is 5.15 Å². The Morgan fingerprint density at radius 1 is 1.33 bits per heavy atom. The van der Waals surface area contributed by atoms with E-state index in [2.05, 4.69) is 10.4 Å². The van der Waals surface area contributed by atoms with Crippen LogP contribution in [0.1, 0.15) is 60.3 Å². The van der Waals surface area contributed by atoms with E-state index in [9.17, 15) is 4.79 Å². The number of nitrogens with one attached hydrogen (secondary N) is 1. The third-order valence-corrected chi connectivity index (χ3v) is 4.37. The molecule has 6 heteroatoms. The molecule has 0 fully saturated rings. The van der Waals surface area contributed by atoms with Crippen LogP contribution in [0, 0.1) is 0 Å². The molecule has 0 saturated carbocycles. The van der Waals surface area contributed by atoms with E-state index in [0.29, 0.717) is 29.3 Å². The number of benzene rings is 1. The lowest BCUT2D eigenvalue weighted by Gasteiger charge is -2.19. The molecule has 0 saturated heterocycles. The number of hydrogen-bond acceptors (Lipinski definition) is 3. The van der Waals surface area contributed by atoms with Crippen LogP contribution < -0.4 is 5.32 Å². The van der Waals surface area contributed by atoms with Gasteiger partial charge in [-0.25, -0.2) is 0 Å². The van der Waals surface area contributed by atoms with Gasteiger partial charge >= 0.3 is 0 Å². The number of nitrogens with zero attached hydrogens (tertiary/aromatic N) is 2. The summed E-state index contributed by atoms with van der Waals surface area (Å²) in [4.78, 5) is 12.8. The largest absolute Gasteiger partial charge is 0.396 e. The molecule has 1 heterocycles. The third kappa shape index (κ3) is 4.16. The molecule has 0 radical (unpaired) electrons. The summed E-state index contributed by atoms with van der Waals surface area (Å²) in [6.07, 6.45) is 1.26. The zero-order valence-electron chi connectivity index (χ0n) is 14.3. The Labute approximate surface area is 147 Å². The number of halogens is 1. The van der Waals surface area contributed by atoms with E-state index in [0.717, 1.165) is 5.56 Å². The van der Waals surface area contributed by atoms with E-state index in [-0.39, 0.29) is 24.5 Å². The molecule has 2 N–H and O–H groups in total. The summed E-state index contributed by atoms with van der Waals surface area (Å²) in [5, 5.41) is 16.9. The van der Waals surface area contributed by atoms with Gasteiger partial charge in [0.2, 0.25) is 0 Å². The Balaban J connectivity index is 2.28. The summed E-state index contributed by atoms with van der Waals surface area (Å²) in [5.74, 6) is -0.138. The smallest absolute Gasteiger partial charge is 0.256 e. The van der Waals surface area contributed by atoms with Gasteiger partial charge in [0, 0.05) is 13.7 Å². The van der Waals surface area contributed by atoms with Gasteiger partial charge in [-0.3, -0.25) is 9.48 Å². The molecule has 2 rings (SSSR count). The molecular formula is C18H24ClN3O2. The molecular weight excluding hydrogens is 326 g/mol. The normalized spacial score (nSPS) is 12.4. The fraction of sp³-hybridized carbons (Fsp3) is 0.444. The summed E-state index contributed by atoms with van der Waals surface area (Å²) >= 11 is 6.29. The predicted molar refractivity (Wildman–Crippen MR) is 95.3 cm³/mol. The SMILES string of the molecule is CC(C)c1nn(C)c(Cl)c1C(=O)NC(CCCO)c1ccccc1. The van der Waals surface area contributed by atoms with Crippen LogP contribution in [0.4, 0.5) is 0 Å². The van der Waals surface area contributed by atoms with Crippen LogP contribution in [0.25, 0.3) is 0 Å². The van der Waals surface area contributed by atoms with E-state index in [1.165, 1.54) is 4.68 Å². The highest BCUT2D eigenvalue weighted by atomic mass is 35.5. The van der Waals surface area contributed by atoms with Crippen molar-refractivity contribution in [3.05, 3.63) is 52.3 Å². The van der Waals surface area contributed by atoms with Gasteiger partial charge < -0.3 is 10.4 Å². The maximum absolute atomic E-state index is 12.8. The van der Waals surface area contributed by atoms with Crippen LogP contribution >= 0.6 is 11.6 Å². The maximum Gasteiger partial charge on any atom is 0.256 e. The van der Waals surface area contributed by atoms with Crippen LogP contribution in [-0.4, -0.2) is 27.4 Å². The summed E-state index contributed by atoms with van der Waals surface area (Å²) in [5.41, 5.74) is 2.12. The van der Waals surface area contributed by atoms with E-state index in [4.69, 9.17) is 16.7 Å². The van der Waals surface area contributed by atoms with Gasteiger partial charge in [0.25, 0.3) is 5.91 Å². The molecule has 0 bridgehead atoms. The van der Waals surface area contributed by atoms with Crippen LogP contribution in [0.3, 0.4) is 0 Å². The molecule has 1 aromatic carbocycles. The summed E-state index contributed by atoms with van der Waals surface area (Å²) < 4.78 is 1.52. The molecule has 24 heavy (non-hydrogen) atoms. The van der Waals surface area contributed by atoms with Crippen molar-refractivity contribution >= 4 is 17.5 Å². The van der Waals surface area contributed by atoms with E-state index in [1.807, 2.05) is 44.2 Å². The summed E-state index contributed by atoms with van der Waals surface area (Å²) in [6, 6.07) is 9.56. The lowest BCUT2D eigenvalue weighted by Crippen LogP contribution is -2.29. The maximum atomic E-state index is 12.8. The minimum atomic E-state index is -0.233. The monoisotopic (exact) mass is 349 g/mol. The standard InChI is InChI=1S/C18H24ClN3O2/c1-12(2)16-15(17(19)22(3)21-16)18(24)20-14(10-7-11-23)13-8-5-4-6-9-13/h4-6,8-9,12,14,23H,7,10-11H2,1-3H3,(H,20,24). The Kier molecular flexibility index (Phi) is 6.40. The van der Waals surface area contributed by atoms with Gasteiger partial charge in [0.15, 0.2) is 0 Å². The van der Waals surface area contributed by atoms with Crippen molar-refractivity contribution in [2.24, 2.45) is 7.05 Å². The average molecular weight is 350 g/mol. The first-order valence-electron chi connectivity index (χ1n) is 8.14. The van der Waals surface area contributed by atoms with Crippen molar-refractivity contribution in [1.29, 1.82) is 0 Å². The number of aliphatic hydroxyl groups excluding tert-OH is 1. The number of hydrogen-bond donors (Lipinski definition) is 2. The molecule has 1 unspecified atom stereocenters. The van der Waals surface area contributed by atoms with Crippen molar-refractivity contribution in [2.75, 3.05) is 6.61 Å². The number of carbonyl (C=O) groups is 1. The molecule has 0 aliphatic heterocycles. The van der Waals surface area contributed by atoms with Gasteiger partial charge in [-0.15, -0.1) is 0 Å². The molecule has 0 aliphatic rings. The second-order valence-corrected chi connectivity index (χ2v) is 6.49. The first kappa shape index (κ1) is 18.5. The zero-order chi connectivity index (χ0) is 17.7. The first-order chi connectivity index (χ1) is 11.5. The minimum absolute atomic E-state index is 0.0874. The minimum Gasteiger partial charge on any atom is -0.396 e. The van der Waals surface area contributed by atoms with Crippen LogP contribution in [0.5, 0.6) is 0 Å². The topological polar surface area (TPSA) is 67.2 Å². The zero-order valence-corrected chi connectivity index (χ0v) is 15.0. The van der Waals surface area contributed by atoms with E-state index < -0.39 is 0 Å². The van der Waals surface area contributed by atoms with Crippen molar-refractivity contribution in [3.8, 4) is 0 Å². The molecule has 1 aromatic heterocycles. The van der Waals surface area contributed by atoms with Crippen LogP contribution in [-0.2, 0) is 7.05 Å². The first-order valence-corrected chi connectivity index (χ1v) is 8.52. The molecule has 1 amide bonds. The fourth-order valence-electron chi connectivity index (χ4n) is 2.67. The van der Waals surface area contributed by atoms with Gasteiger partial charge in [0.1, 0.15) is 5.15 Å². The lowest BCUT2D eigenvalue weighted by atomic mass is 10.0. The van der Waals surface area contributed by atoms with E-state index in [1.54, 1.807) is 7.05 Å². The Hall–Kier alpha value is -1.85. The van der Waals surface area contributed by atoms with Gasteiger partial charge in [-0.05, 0) is 24.3 Å². The number of carbonyl (C=O) groups excluding carboxylic acids is 1. The highest BCUT2D eigenvalue weighted by Crippen LogP contribution is 2.27. The second-order valence-electron chi connectivity index (χ2n) is 6.13. The number of amides is 1. The van der Waals surface area contributed by atoms with Crippen molar-refractivity contribution in [2.45, 2.75) is 38.6 Å². The number of aryl methyl sites for hydroxylation is 1. The highest BCUT2D eigenvalue weighted by Gasteiger charge is 2.25. The third-order valence-electron chi connectivity index (χ3n) is 3.94. The van der Waals surface area contributed by atoms with Crippen molar-refractivity contribution < 1.29 is 9.90 Å². The molecule has 1 atom stereocenters. The number of aromatic nitrogens is 2. The second kappa shape index (κ2) is 8.31. The molecule has 0 aliphatic carbocycles. The summed E-state index contributed by atoms with van der Waals surface area (Å²) in [7, 11) is 1.73. The Morgan fingerprint density at radius 2 is 2.00 bits per heavy atom. The predicted octanol–water partition coefficient (Wildman–Crippen LogP) is 3.44. The van der Waals surface area contributed by atoms with Crippen LogP contribution in [0.15, 0.2) is 30.3 Å². The molecule has 130 valence electrons. The summed E-state index contributed by atoms with van der Waals surface area (Å²) in [6.45, 7) is 4.05. The molecule has 0 spiro atoms. The lowest BCUT2D eigenvalue weighted by molar-refractivity contribution is 0.0931. The van der Waals surface area contributed by atoms with Gasteiger partial charge in [-0.1, -0.05) is 55.8 Å². The van der Waals surface area contributed by atoms with Gasteiger partial charge in [0.05, 0.1) is 17.3 Å². The van der Waals surface area contributed by atoms with E-state index >= 15 is 0 Å².